The highest BCUT2D eigenvalue weighted by atomic mass is 19.3. The summed E-state index contributed by atoms with van der Waals surface area (Å²) in [7, 11) is 0. The molecule has 102 valence electrons. The summed E-state index contributed by atoms with van der Waals surface area (Å²) in [6.07, 6.45) is 3.21. The molecule has 0 heterocycles. The molecule has 0 bridgehead atoms. The average Bonchev–Trinajstić information content (AvgIpc) is 2.29. The number of alkyl halides is 2. The first-order valence-corrected chi connectivity index (χ1v) is 6.33. The molecule has 2 N–H and O–H groups in total. The minimum atomic E-state index is -2.78. The molecule has 1 aromatic carbocycles. The van der Waals surface area contributed by atoms with E-state index in [1.54, 1.807) is 12.1 Å². The van der Waals surface area contributed by atoms with Crippen LogP contribution in [0.5, 0.6) is 5.75 Å². The molecule has 0 amide bonds. The van der Waals surface area contributed by atoms with Crippen LogP contribution >= 0.6 is 0 Å². The molecule has 1 rings (SSSR count). The molecule has 2 unspecified atom stereocenters. The van der Waals surface area contributed by atoms with E-state index in [4.69, 9.17) is 5.73 Å². The maximum absolute atomic E-state index is 12.0. The Morgan fingerprint density at radius 2 is 1.83 bits per heavy atom. The zero-order chi connectivity index (χ0) is 13.5. The third-order valence-corrected chi connectivity index (χ3v) is 2.97. The molecule has 0 aliphatic heterocycles. The van der Waals surface area contributed by atoms with E-state index in [0.29, 0.717) is 5.92 Å². The Balaban J connectivity index is 2.55. The summed E-state index contributed by atoms with van der Waals surface area (Å²) in [6, 6.07) is 6.52. The Morgan fingerprint density at radius 3 is 2.33 bits per heavy atom. The normalized spacial score (nSPS) is 14.6. The lowest BCUT2D eigenvalue weighted by Crippen LogP contribution is -2.14. The van der Waals surface area contributed by atoms with Crippen molar-refractivity contribution in [2.45, 2.75) is 45.8 Å². The van der Waals surface area contributed by atoms with E-state index in [1.807, 2.05) is 0 Å². The Kier molecular flexibility index (Phi) is 6.05. The summed E-state index contributed by atoms with van der Waals surface area (Å²) in [6.45, 7) is 1.55. The van der Waals surface area contributed by atoms with Gasteiger partial charge in [0.1, 0.15) is 5.75 Å². The molecule has 4 heteroatoms. The predicted octanol–water partition coefficient (Wildman–Crippen LogP) is 4.11. The third-order valence-electron chi connectivity index (χ3n) is 2.97. The SMILES string of the molecule is CCCC(C)CC(N)c1ccc(OC(F)F)cc1. The number of hydrogen-bond acceptors (Lipinski definition) is 2. The fraction of sp³-hybridized carbons (Fsp3) is 0.571. The van der Waals surface area contributed by atoms with Gasteiger partial charge < -0.3 is 10.5 Å². The molecule has 0 saturated carbocycles. The van der Waals surface area contributed by atoms with Crippen LogP contribution in [0.3, 0.4) is 0 Å². The predicted molar refractivity (Wildman–Crippen MR) is 68.7 cm³/mol. The van der Waals surface area contributed by atoms with Gasteiger partial charge in [-0.25, -0.2) is 0 Å². The molecule has 0 radical (unpaired) electrons. The molecule has 0 spiro atoms. The number of halogens is 2. The van der Waals surface area contributed by atoms with Crippen LogP contribution in [0.4, 0.5) is 8.78 Å². The average molecular weight is 257 g/mol. The molecule has 18 heavy (non-hydrogen) atoms. The summed E-state index contributed by atoms with van der Waals surface area (Å²) in [5.41, 5.74) is 7.05. The second-order valence-electron chi connectivity index (χ2n) is 4.68. The molecule has 1 aromatic rings. The van der Waals surface area contributed by atoms with Gasteiger partial charge in [0.25, 0.3) is 0 Å². The van der Waals surface area contributed by atoms with Crippen molar-refractivity contribution in [2.75, 3.05) is 0 Å². The van der Waals surface area contributed by atoms with E-state index >= 15 is 0 Å². The molecule has 0 aliphatic carbocycles. The summed E-state index contributed by atoms with van der Waals surface area (Å²) >= 11 is 0. The van der Waals surface area contributed by atoms with E-state index in [2.05, 4.69) is 18.6 Å². The van der Waals surface area contributed by atoms with Crippen molar-refractivity contribution in [2.24, 2.45) is 11.7 Å². The van der Waals surface area contributed by atoms with Gasteiger partial charge in [0.05, 0.1) is 0 Å². The van der Waals surface area contributed by atoms with Gasteiger partial charge in [-0.2, -0.15) is 8.78 Å². The molecular weight excluding hydrogens is 236 g/mol. The zero-order valence-corrected chi connectivity index (χ0v) is 10.9. The second-order valence-corrected chi connectivity index (χ2v) is 4.68. The van der Waals surface area contributed by atoms with Crippen molar-refractivity contribution in [3.05, 3.63) is 29.8 Å². The van der Waals surface area contributed by atoms with Crippen molar-refractivity contribution in [3.8, 4) is 5.75 Å². The highest BCUT2D eigenvalue weighted by Gasteiger charge is 2.11. The summed E-state index contributed by atoms with van der Waals surface area (Å²) in [5, 5.41) is 0. The Hall–Kier alpha value is -1.16. The lowest BCUT2D eigenvalue weighted by Gasteiger charge is -2.17. The van der Waals surface area contributed by atoms with Crippen LogP contribution in [-0.2, 0) is 0 Å². The van der Waals surface area contributed by atoms with Gasteiger partial charge in [0, 0.05) is 6.04 Å². The highest BCUT2D eigenvalue weighted by Crippen LogP contribution is 2.24. The van der Waals surface area contributed by atoms with Gasteiger partial charge in [-0.15, -0.1) is 0 Å². The Bertz CT molecular complexity index is 340. The van der Waals surface area contributed by atoms with Gasteiger partial charge in [-0.3, -0.25) is 0 Å². The van der Waals surface area contributed by atoms with Crippen LogP contribution in [0.1, 0.15) is 44.7 Å². The first-order valence-electron chi connectivity index (χ1n) is 6.33. The largest absolute Gasteiger partial charge is 0.435 e. The van der Waals surface area contributed by atoms with Crippen LogP contribution in [0.25, 0.3) is 0 Å². The lowest BCUT2D eigenvalue weighted by atomic mass is 9.93. The fourth-order valence-electron chi connectivity index (χ4n) is 2.08. The lowest BCUT2D eigenvalue weighted by molar-refractivity contribution is -0.0498. The first kappa shape index (κ1) is 14.9. The van der Waals surface area contributed by atoms with Crippen LogP contribution in [0, 0.1) is 5.92 Å². The fourth-order valence-corrected chi connectivity index (χ4v) is 2.08. The number of rotatable bonds is 7. The van der Waals surface area contributed by atoms with Crippen molar-refractivity contribution in [1.82, 2.24) is 0 Å². The van der Waals surface area contributed by atoms with Gasteiger partial charge in [0.15, 0.2) is 0 Å². The molecule has 0 aromatic heterocycles. The van der Waals surface area contributed by atoms with Gasteiger partial charge >= 0.3 is 6.61 Å². The smallest absolute Gasteiger partial charge is 0.387 e. The van der Waals surface area contributed by atoms with Crippen LogP contribution in [-0.4, -0.2) is 6.61 Å². The third kappa shape index (κ3) is 5.00. The van der Waals surface area contributed by atoms with E-state index < -0.39 is 6.61 Å². The molecular formula is C14H21F2NO. The van der Waals surface area contributed by atoms with Crippen molar-refractivity contribution >= 4 is 0 Å². The highest BCUT2D eigenvalue weighted by molar-refractivity contribution is 5.29. The number of hydrogen-bond donors (Lipinski definition) is 1. The molecule has 0 aliphatic rings. The topological polar surface area (TPSA) is 35.2 Å². The van der Waals surface area contributed by atoms with Crippen molar-refractivity contribution < 1.29 is 13.5 Å². The van der Waals surface area contributed by atoms with Crippen molar-refractivity contribution in [3.63, 3.8) is 0 Å². The maximum Gasteiger partial charge on any atom is 0.387 e. The van der Waals surface area contributed by atoms with E-state index in [0.717, 1.165) is 24.8 Å². The Labute approximate surface area is 107 Å². The van der Waals surface area contributed by atoms with E-state index in [-0.39, 0.29) is 11.8 Å². The van der Waals surface area contributed by atoms with Gasteiger partial charge in [-0.1, -0.05) is 38.8 Å². The van der Waals surface area contributed by atoms with Crippen LogP contribution in [0.2, 0.25) is 0 Å². The minimum absolute atomic E-state index is 0.0489. The number of ether oxygens (including phenoxy) is 1. The van der Waals surface area contributed by atoms with Crippen molar-refractivity contribution in [1.29, 1.82) is 0 Å². The molecule has 2 atom stereocenters. The molecule has 0 fully saturated rings. The summed E-state index contributed by atoms with van der Waals surface area (Å²) in [4.78, 5) is 0. The first-order chi connectivity index (χ1) is 8.52. The van der Waals surface area contributed by atoms with Crippen LogP contribution in [0.15, 0.2) is 24.3 Å². The minimum Gasteiger partial charge on any atom is -0.435 e. The van der Waals surface area contributed by atoms with Crippen LogP contribution < -0.4 is 10.5 Å². The standard InChI is InChI=1S/C14H21F2NO/c1-3-4-10(2)9-13(17)11-5-7-12(8-6-11)18-14(15)16/h5-8,10,13-14H,3-4,9,17H2,1-2H3. The van der Waals surface area contributed by atoms with E-state index in [1.165, 1.54) is 12.1 Å². The molecule has 0 saturated heterocycles. The Morgan fingerprint density at radius 1 is 1.22 bits per heavy atom. The zero-order valence-electron chi connectivity index (χ0n) is 10.9. The molecule has 2 nitrogen and oxygen atoms in total. The van der Waals surface area contributed by atoms with E-state index in [9.17, 15) is 8.78 Å². The summed E-state index contributed by atoms with van der Waals surface area (Å²) in [5.74, 6) is 0.740. The number of nitrogens with two attached hydrogens (primary N) is 1. The van der Waals surface area contributed by atoms with Gasteiger partial charge in [0.2, 0.25) is 0 Å². The number of benzene rings is 1. The second kappa shape index (κ2) is 7.31. The quantitative estimate of drug-likeness (QED) is 0.797. The summed E-state index contributed by atoms with van der Waals surface area (Å²) < 4.78 is 28.3. The van der Waals surface area contributed by atoms with Gasteiger partial charge in [-0.05, 0) is 30.0 Å². The monoisotopic (exact) mass is 257 g/mol. The maximum atomic E-state index is 12.0.